The molecule has 0 aliphatic heterocycles. The molecule has 0 aromatic heterocycles. The Balaban J connectivity index is 1.54. The van der Waals surface area contributed by atoms with Crippen molar-refractivity contribution in [2.45, 2.75) is 11.8 Å². The summed E-state index contributed by atoms with van der Waals surface area (Å²) in [4.78, 5) is 12.3. The Morgan fingerprint density at radius 1 is 0.967 bits per heavy atom. The molecule has 0 saturated carbocycles. The normalized spacial score (nSPS) is 11.0. The van der Waals surface area contributed by atoms with Gasteiger partial charge in [0.1, 0.15) is 12.4 Å². The van der Waals surface area contributed by atoms with E-state index in [0.29, 0.717) is 35.2 Å². The van der Waals surface area contributed by atoms with E-state index < -0.39 is 10.0 Å². The van der Waals surface area contributed by atoms with Gasteiger partial charge in [-0.1, -0.05) is 29.8 Å². The lowest BCUT2D eigenvalue weighted by molar-refractivity contribution is 0.0947. The molecule has 0 bridgehead atoms. The van der Waals surface area contributed by atoms with Crippen molar-refractivity contribution in [3.05, 3.63) is 88.9 Å². The zero-order valence-electron chi connectivity index (χ0n) is 16.3. The van der Waals surface area contributed by atoms with Crippen LogP contribution in [0.5, 0.6) is 5.75 Å². The summed E-state index contributed by atoms with van der Waals surface area (Å²) in [7, 11) is -3.74. The Kier molecular flexibility index (Phi) is 6.97. The second kappa shape index (κ2) is 9.65. The van der Waals surface area contributed by atoms with Gasteiger partial charge in [0.2, 0.25) is 0 Å². The number of benzene rings is 3. The SMILES string of the molecule is Cc1ccccc1NS(=O)(=O)c1ccc(C(=O)NCCOc2ccc(Cl)cc2)cc1. The predicted molar refractivity (Wildman–Crippen MR) is 118 cm³/mol. The first-order valence-corrected chi connectivity index (χ1v) is 11.1. The van der Waals surface area contributed by atoms with E-state index in [4.69, 9.17) is 16.3 Å². The molecule has 3 aromatic rings. The summed E-state index contributed by atoms with van der Waals surface area (Å²) in [6, 6.07) is 19.8. The van der Waals surface area contributed by atoms with Crippen LogP contribution in [0, 0.1) is 6.92 Å². The summed E-state index contributed by atoms with van der Waals surface area (Å²) >= 11 is 5.81. The van der Waals surface area contributed by atoms with Crippen molar-refractivity contribution in [3.63, 3.8) is 0 Å². The van der Waals surface area contributed by atoms with E-state index >= 15 is 0 Å². The highest BCUT2D eigenvalue weighted by Gasteiger charge is 2.16. The summed E-state index contributed by atoms with van der Waals surface area (Å²) in [6.07, 6.45) is 0. The average Bonchev–Trinajstić information content (AvgIpc) is 2.74. The highest BCUT2D eigenvalue weighted by Crippen LogP contribution is 2.19. The number of sulfonamides is 1. The van der Waals surface area contributed by atoms with Crippen molar-refractivity contribution in [2.24, 2.45) is 0 Å². The highest BCUT2D eigenvalue weighted by atomic mass is 35.5. The number of nitrogens with one attached hydrogen (secondary N) is 2. The van der Waals surface area contributed by atoms with Gasteiger partial charge in [0, 0.05) is 10.6 Å². The van der Waals surface area contributed by atoms with Gasteiger partial charge in [0.25, 0.3) is 15.9 Å². The summed E-state index contributed by atoms with van der Waals surface area (Å²) in [5.41, 5.74) is 1.69. The van der Waals surface area contributed by atoms with E-state index in [1.54, 1.807) is 36.4 Å². The minimum absolute atomic E-state index is 0.0772. The van der Waals surface area contributed by atoms with E-state index in [2.05, 4.69) is 10.0 Å². The van der Waals surface area contributed by atoms with Crippen molar-refractivity contribution in [1.82, 2.24) is 5.32 Å². The topological polar surface area (TPSA) is 84.5 Å². The Morgan fingerprint density at radius 3 is 2.30 bits per heavy atom. The molecule has 0 heterocycles. The monoisotopic (exact) mass is 444 g/mol. The molecule has 30 heavy (non-hydrogen) atoms. The van der Waals surface area contributed by atoms with Crippen LogP contribution in [0.2, 0.25) is 5.02 Å². The first kappa shape index (κ1) is 21.7. The number of amides is 1. The number of anilines is 1. The number of para-hydroxylation sites is 1. The highest BCUT2D eigenvalue weighted by molar-refractivity contribution is 7.92. The number of halogens is 1. The van der Waals surface area contributed by atoms with Crippen LogP contribution < -0.4 is 14.8 Å². The van der Waals surface area contributed by atoms with Gasteiger partial charge >= 0.3 is 0 Å². The molecule has 0 aliphatic carbocycles. The minimum Gasteiger partial charge on any atom is -0.492 e. The minimum atomic E-state index is -3.74. The second-order valence-electron chi connectivity index (χ2n) is 6.50. The Labute approximate surface area is 180 Å². The Bertz CT molecular complexity index is 1110. The van der Waals surface area contributed by atoms with Crippen LogP contribution in [0.25, 0.3) is 0 Å². The lowest BCUT2D eigenvalue weighted by Crippen LogP contribution is -2.28. The third-order valence-corrected chi connectivity index (χ3v) is 5.92. The molecule has 1 amide bonds. The molecule has 0 unspecified atom stereocenters. The second-order valence-corrected chi connectivity index (χ2v) is 8.62. The number of rotatable bonds is 8. The van der Waals surface area contributed by atoms with Crippen LogP contribution in [-0.4, -0.2) is 27.5 Å². The standard InChI is InChI=1S/C22H21ClN2O4S/c1-16-4-2-3-5-21(16)25-30(27,28)20-12-6-17(7-13-20)22(26)24-14-15-29-19-10-8-18(23)9-11-19/h2-13,25H,14-15H2,1H3,(H,24,26). The lowest BCUT2D eigenvalue weighted by atomic mass is 10.2. The molecule has 0 spiro atoms. The summed E-state index contributed by atoms with van der Waals surface area (Å²) < 4.78 is 33.2. The van der Waals surface area contributed by atoms with Gasteiger partial charge in [-0.15, -0.1) is 0 Å². The van der Waals surface area contributed by atoms with Gasteiger partial charge in [-0.3, -0.25) is 9.52 Å². The van der Waals surface area contributed by atoms with Crippen molar-refractivity contribution in [1.29, 1.82) is 0 Å². The fourth-order valence-corrected chi connectivity index (χ4v) is 3.90. The summed E-state index contributed by atoms with van der Waals surface area (Å²) in [6.45, 7) is 2.42. The Morgan fingerprint density at radius 2 is 1.63 bits per heavy atom. The van der Waals surface area contributed by atoms with Crippen LogP contribution in [0.3, 0.4) is 0 Å². The van der Waals surface area contributed by atoms with Gasteiger partial charge in [-0.05, 0) is 67.1 Å². The first-order valence-electron chi connectivity index (χ1n) is 9.20. The van der Waals surface area contributed by atoms with Crippen LogP contribution in [0.4, 0.5) is 5.69 Å². The fourth-order valence-electron chi connectivity index (χ4n) is 2.64. The van der Waals surface area contributed by atoms with E-state index in [1.807, 2.05) is 19.1 Å². The third kappa shape index (κ3) is 5.75. The third-order valence-electron chi connectivity index (χ3n) is 4.29. The van der Waals surface area contributed by atoms with Gasteiger partial charge in [-0.25, -0.2) is 8.42 Å². The van der Waals surface area contributed by atoms with Crippen LogP contribution in [0.15, 0.2) is 77.7 Å². The molecule has 3 aromatic carbocycles. The maximum Gasteiger partial charge on any atom is 0.261 e. The number of hydrogen-bond donors (Lipinski definition) is 2. The molecule has 156 valence electrons. The van der Waals surface area contributed by atoms with Gasteiger partial charge < -0.3 is 10.1 Å². The van der Waals surface area contributed by atoms with Gasteiger partial charge in [-0.2, -0.15) is 0 Å². The van der Waals surface area contributed by atoms with E-state index in [0.717, 1.165) is 5.56 Å². The molecule has 2 N–H and O–H groups in total. The Hall–Kier alpha value is -3.03. The van der Waals surface area contributed by atoms with Crippen LogP contribution >= 0.6 is 11.6 Å². The number of ether oxygens (including phenoxy) is 1. The molecule has 0 atom stereocenters. The summed E-state index contributed by atoms with van der Waals surface area (Å²) in [5, 5.41) is 3.35. The summed E-state index contributed by atoms with van der Waals surface area (Å²) in [5.74, 6) is 0.342. The average molecular weight is 445 g/mol. The maximum absolute atomic E-state index is 12.6. The van der Waals surface area contributed by atoms with Crippen LogP contribution in [0.1, 0.15) is 15.9 Å². The van der Waals surface area contributed by atoms with E-state index in [9.17, 15) is 13.2 Å². The van der Waals surface area contributed by atoms with Crippen molar-refractivity contribution >= 4 is 33.2 Å². The zero-order chi connectivity index (χ0) is 21.6. The molecular weight excluding hydrogens is 424 g/mol. The van der Waals surface area contributed by atoms with E-state index in [-0.39, 0.29) is 10.8 Å². The molecule has 6 nitrogen and oxygen atoms in total. The van der Waals surface area contributed by atoms with Gasteiger partial charge in [0.15, 0.2) is 0 Å². The molecule has 3 rings (SSSR count). The smallest absolute Gasteiger partial charge is 0.261 e. The molecule has 0 radical (unpaired) electrons. The number of carbonyl (C=O) groups is 1. The fraction of sp³-hybridized carbons (Fsp3) is 0.136. The van der Waals surface area contributed by atoms with Crippen molar-refractivity contribution in [3.8, 4) is 5.75 Å². The molecule has 0 saturated heterocycles. The maximum atomic E-state index is 12.6. The predicted octanol–water partition coefficient (Wildman–Crippen LogP) is 4.26. The number of aryl methyl sites for hydroxylation is 1. The lowest BCUT2D eigenvalue weighted by Gasteiger charge is -2.11. The van der Waals surface area contributed by atoms with Crippen molar-refractivity contribution < 1.29 is 17.9 Å². The van der Waals surface area contributed by atoms with Gasteiger partial charge in [0.05, 0.1) is 17.1 Å². The molecule has 0 aliphatic rings. The van der Waals surface area contributed by atoms with E-state index in [1.165, 1.54) is 24.3 Å². The quantitative estimate of drug-likeness (QED) is 0.508. The van der Waals surface area contributed by atoms with Crippen molar-refractivity contribution in [2.75, 3.05) is 17.9 Å². The number of hydrogen-bond acceptors (Lipinski definition) is 4. The zero-order valence-corrected chi connectivity index (χ0v) is 17.8. The number of carbonyl (C=O) groups excluding carboxylic acids is 1. The first-order chi connectivity index (χ1) is 14.3. The largest absolute Gasteiger partial charge is 0.492 e. The molecular formula is C22H21ClN2O4S. The molecule has 0 fully saturated rings. The van der Waals surface area contributed by atoms with Crippen LogP contribution in [-0.2, 0) is 10.0 Å². The molecule has 8 heteroatoms.